The molecule has 1 heterocycles. The van der Waals surface area contributed by atoms with Crippen molar-refractivity contribution in [2.45, 2.75) is 75.7 Å². The number of alkyl halides is 3. The minimum absolute atomic E-state index is 0.0509. The van der Waals surface area contributed by atoms with Crippen LogP contribution in [0, 0.1) is 23.7 Å². The van der Waals surface area contributed by atoms with E-state index >= 15 is 0 Å². The number of benzene rings is 1. The van der Waals surface area contributed by atoms with Gasteiger partial charge in [-0.2, -0.15) is 13.2 Å². The van der Waals surface area contributed by atoms with Gasteiger partial charge in [0.2, 0.25) is 17.7 Å². The Morgan fingerprint density at radius 3 is 2.10 bits per heavy atom. The monoisotopic (exact) mass is 597 g/mol. The number of carboxylic acids is 1. The van der Waals surface area contributed by atoms with Crippen molar-refractivity contribution in [1.82, 2.24) is 15.5 Å². The van der Waals surface area contributed by atoms with Crippen molar-refractivity contribution in [2.75, 3.05) is 20.3 Å². The molecule has 4 N–H and O–H groups in total. The molecule has 1 aromatic carbocycles. The van der Waals surface area contributed by atoms with Gasteiger partial charge in [0.05, 0.1) is 7.11 Å². The van der Waals surface area contributed by atoms with Crippen LogP contribution in [0.4, 0.5) is 13.2 Å². The molecule has 2 atom stereocenters. The Hall–Kier alpha value is -3.35. The number of rotatable bonds is 8. The number of amides is 3. The van der Waals surface area contributed by atoms with E-state index in [4.69, 9.17) is 14.6 Å². The Morgan fingerprint density at radius 2 is 1.60 bits per heavy atom. The van der Waals surface area contributed by atoms with Gasteiger partial charge in [0.25, 0.3) is 0 Å². The van der Waals surface area contributed by atoms with Crippen molar-refractivity contribution < 1.29 is 47.3 Å². The summed E-state index contributed by atoms with van der Waals surface area (Å²) < 4.78 is 36.9. The number of aliphatic hydroxyl groups is 1. The Balaban J connectivity index is 0.000000517. The molecule has 1 saturated heterocycles. The van der Waals surface area contributed by atoms with Crippen molar-refractivity contribution >= 4 is 23.7 Å². The third-order valence-electron chi connectivity index (χ3n) is 8.99. The van der Waals surface area contributed by atoms with Gasteiger partial charge in [-0.1, -0.05) is 12.1 Å². The lowest BCUT2D eigenvalue weighted by atomic mass is 9.54. The summed E-state index contributed by atoms with van der Waals surface area (Å²) in [5, 5.41) is 22.4. The molecule has 5 fully saturated rings. The number of nitrogens with one attached hydrogen (secondary N) is 2. The van der Waals surface area contributed by atoms with Crippen molar-refractivity contribution in [3.8, 4) is 5.75 Å². The average molecular weight is 598 g/mol. The molecule has 4 aliphatic carbocycles. The summed E-state index contributed by atoms with van der Waals surface area (Å²) in [5.41, 5.74) is 0.858. The number of ether oxygens (including phenoxy) is 1. The van der Waals surface area contributed by atoms with Gasteiger partial charge >= 0.3 is 12.1 Å². The quantitative estimate of drug-likeness (QED) is 0.360. The fourth-order valence-corrected chi connectivity index (χ4v) is 7.36. The largest absolute Gasteiger partial charge is 0.497 e. The van der Waals surface area contributed by atoms with Crippen LogP contribution < -0.4 is 15.4 Å². The first-order valence-corrected chi connectivity index (χ1v) is 14.3. The predicted octanol–water partition coefficient (Wildman–Crippen LogP) is 2.28. The molecular weight excluding hydrogens is 559 g/mol. The van der Waals surface area contributed by atoms with Gasteiger partial charge in [-0.15, -0.1) is 0 Å². The molecule has 42 heavy (non-hydrogen) atoms. The highest BCUT2D eigenvalue weighted by Gasteiger charge is 2.49. The van der Waals surface area contributed by atoms with Gasteiger partial charge in [0, 0.05) is 19.0 Å². The summed E-state index contributed by atoms with van der Waals surface area (Å²) in [6.45, 7) is -0.199. The highest BCUT2D eigenvalue weighted by molar-refractivity contribution is 5.93. The number of carboxylic acid groups (broad SMARTS) is 1. The van der Waals surface area contributed by atoms with Crippen LogP contribution >= 0.6 is 0 Å². The van der Waals surface area contributed by atoms with Crippen LogP contribution in [0.25, 0.3) is 0 Å². The van der Waals surface area contributed by atoms with E-state index in [1.165, 1.54) is 32.1 Å². The van der Waals surface area contributed by atoms with Gasteiger partial charge < -0.3 is 30.5 Å². The van der Waals surface area contributed by atoms with Crippen LogP contribution in [0.2, 0.25) is 0 Å². The summed E-state index contributed by atoms with van der Waals surface area (Å²) in [7, 11) is 1.59. The lowest BCUT2D eigenvalue weighted by Crippen LogP contribution is -2.60. The summed E-state index contributed by atoms with van der Waals surface area (Å²) in [4.78, 5) is 49.6. The molecule has 232 valence electrons. The first kappa shape index (κ1) is 31.6. The van der Waals surface area contributed by atoms with E-state index in [1.54, 1.807) is 12.0 Å². The number of aliphatic hydroxyl groups excluding tert-OH is 1. The Bertz CT molecular complexity index is 1120. The van der Waals surface area contributed by atoms with Crippen LogP contribution in [0.3, 0.4) is 0 Å². The maximum absolute atomic E-state index is 13.6. The summed E-state index contributed by atoms with van der Waals surface area (Å²) in [6, 6.07) is 6.19. The smallest absolute Gasteiger partial charge is 0.490 e. The molecular formula is C29H38F3N3O7. The van der Waals surface area contributed by atoms with Crippen LogP contribution in [0.15, 0.2) is 24.3 Å². The second kappa shape index (κ2) is 13.3. The Labute approximate surface area is 242 Å². The van der Waals surface area contributed by atoms with Gasteiger partial charge in [0.1, 0.15) is 24.4 Å². The number of hydrogen-bond acceptors (Lipinski definition) is 6. The van der Waals surface area contributed by atoms with E-state index in [0.717, 1.165) is 23.8 Å². The minimum atomic E-state index is -5.08. The number of likely N-dealkylation sites (tertiary alicyclic amines) is 1. The second-order valence-corrected chi connectivity index (χ2v) is 11.8. The van der Waals surface area contributed by atoms with Gasteiger partial charge in [-0.25, -0.2) is 4.79 Å². The zero-order chi connectivity index (χ0) is 30.6. The molecule has 5 aliphatic rings. The maximum atomic E-state index is 13.6. The summed E-state index contributed by atoms with van der Waals surface area (Å²) in [5.74, 6) is -0.154. The standard InChI is InChI=1S/C27H37N3O5.C2HF3O2/c1-35-21-6-4-16(5-7-21)14-22(28-24(32)15-31)27(34)30-8-2-3-23(30)26(33)29-25-19-10-17-9-18(12-19)13-20(25)11-17;3-2(4,5)1(6)7/h4-7,17-20,22-23,25,31H,2-3,8-15H2,1H3,(H,28,32)(H,29,33);(H,6,7)/t17?,18?,19?,20?,22?,23-,25?;/m1./s1. The fourth-order valence-electron chi connectivity index (χ4n) is 7.36. The molecule has 0 aromatic heterocycles. The number of aliphatic carboxylic acids is 1. The first-order chi connectivity index (χ1) is 19.9. The molecule has 4 bridgehead atoms. The molecule has 0 spiro atoms. The highest BCUT2D eigenvalue weighted by Crippen LogP contribution is 2.53. The van der Waals surface area contributed by atoms with Crippen LogP contribution in [0.1, 0.15) is 50.5 Å². The summed E-state index contributed by atoms with van der Waals surface area (Å²) >= 11 is 0. The van der Waals surface area contributed by atoms with E-state index in [0.29, 0.717) is 30.6 Å². The zero-order valence-electron chi connectivity index (χ0n) is 23.4. The van der Waals surface area contributed by atoms with E-state index in [1.807, 2.05) is 24.3 Å². The third-order valence-corrected chi connectivity index (χ3v) is 8.99. The number of methoxy groups -OCH3 is 1. The van der Waals surface area contributed by atoms with Crippen molar-refractivity contribution in [3.63, 3.8) is 0 Å². The molecule has 10 nitrogen and oxygen atoms in total. The van der Waals surface area contributed by atoms with E-state index in [2.05, 4.69) is 10.6 Å². The minimum Gasteiger partial charge on any atom is -0.497 e. The van der Waals surface area contributed by atoms with Crippen molar-refractivity contribution in [1.29, 1.82) is 0 Å². The number of hydrogen-bond donors (Lipinski definition) is 4. The number of carbonyl (C=O) groups is 4. The number of halogens is 3. The van der Waals surface area contributed by atoms with Crippen LogP contribution in [-0.2, 0) is 25.6 Å². The molecule has 4 saturated carbocycles. The topological polar surface area (TPSA) is 145 Å². The second-order valence-electron chi connectivity index (χ2n) is 11.8. The lowest BCUT2D eigenvalue weighted by Gasteiger charge is -2.54. The molecule has 13 heteroatoms. The van der Waals surface area contributed by atoms with Crippen LogP contribution in [0.5, 0.6) is 5.75 Å². The van der Waals surface area contributed by atoms with Crippen LogP contribution in [-0.4, -0.2) is 83.4 Å². The Morgan fingerprint density at radius 1 is 1.02 bits per heavy atom. The van der Waals surface area contributed by atoms with Gasteiger partial charge in [-0.3, -0.25) is 14.4 Å². The van der Waals surface area contributed by atoms with E-state index < -0.39 is 36.7 Å². The number of carbonyl (C=O) groups excluding carboxylic acids is 3. The summed E-state index contributed by atoms with van der Waals surface area (Å²) in [6.07, 6.45) is 2.85. The van der Waals surface area contributed by atoms with Gasteiger partial charge in [0.15, 0.2) is 0 Å². The maximum Gasteiger partial charge on any atom is 0.490 e. The third kappa shape index (κ3) is 7.53. The Kier molecular flexibility index (Phi) is 10.0. The highest BCUT2D eigenvalue weighted by atomic mass is 19.4. The first-order valence-electron chi connectivity index (χ1n) is 14.3. The molecule has 1 unspecified atom stereocenters. The lowest BCUT2D eigenvalue weighted by molar-refractivity contribution is -0.192. The normalized spacial score (nSPS) is 28.4. The SMILES string of the molecule is COc1ccc(CC(NC(=O)CO)C(=O)N2CCC[C@@H]2C(=O)NC2C3CC4CC(C3)CC2C4)cc1.O=C(O)C(F)(F)F. The van der Waals surface area contributed by atoms with E-state index in [-0.39, 0.29) is 24.3 Å². The van der Waals surface area contributed by atoms with Crippen molar-refractivity contribution in [3.05, 3.63) is 29.8 Å². The zero-order valence-corrected chi connectivity index (χ0v) is 23.4. The molecule has 3 amide bonds. The molecule has 1 aromatic rings. The fraction of sp³-hybridized carbons (Fsp3) is 0.655. The predicted molar refractivity (Wildman–Crippen MR) is 143 cm³/mol. The number of nitrogens with zero attached hydrogens (tertiary/aromatic N) is 1. The van der Waals surface area contributed by atoms with E-state index in [9.17, 15) is 32.7 Å². The molecule has 0 radical (unpaired) electrons. The van der Waals surface area contributed by atoms with Crippen molar-refractivity contribution in [2.24, 2.45) is 23.7 Å². The molecule has 1 aliphatic heterocycles. The molecule has 6 rings (SSSR count). The van der Waals surface area contributed by atoms with Gasteiger partial charge in [-0.05, 0) is 86.3 Å². The average Bonchev–Trinajstić information content (AvgIpc) is 3.44.